The third-order valence-corrected chi connectivity index (χ3v) is 4.93. The molecule has 0 radical (unpaired) electrons. The van der Waals surface area contributed by atoms with Crippen LogP contribution < -0.4 is 10.2 Å². The van der Waals surface area contributed by atoms with Gasteiger partial charge in [0.1, 0.15) is 0 Å². The first-order valence-corrected chi connectivity index (χ1v) is 9.38. The third-order valence-electron chi connectivity index (χ3n) is 3.55. The zero-order chi connectivity index (χ0) is 15.1. The molecule has 0 aliphatic rings. The molecule has 1 N–H and O–H groups in total. The van der Waals surface area contributed by atoms with Gasteiger partial charge in [-0.1, -0.05) is 35.8 Å². The van der Waals surface area contributed by atoms with Gasteiger partial charge >= 0.3 is 0 Å². The van der Waals surface area contributed by atoms with E-state index in [0.717, 1.165) is 6.54 Å². The molecular formula is C16H27BrN2S. The fourth-order valence-electron chi connectivity index (χ4n) is 1.95. The minimum Gasteiger partial charge on any atom is -0.372 e. The van der Waals surface area contributed by atoms with E-state index in [2.05, 4.69) is 78.4 Å². The number of thioether (sulfide) groups is 1. The highest BCUT2D eigenvalue weighted by molar-refractivity contribution is 9.10. The molecule has 1 rings (SSSR count). The molecule has 0 spiro atoms. The van der Waals surface area contributed by atoms with E-state index in [4.69, 9.17) is 0 Å². The van der Waals surface area contributed by atoms with Crippen LogP contribution in [0.2, 0.25) is 0 Å². The molecule has 1 atom stereocenters. The Labute approximate surface area is 136 Å². The van der Waals surface area contributed by atoms with Crippen LogP contribution >= 0.6 is 27.7 Å². The van der Waals surface area contributed by atoms with Crippen molar-refractivity contribution in [3.05, 3.63) is 28.2 Å². The van der Waals surface area contributed by atoms with Crippen molar-refractivity contribution in [1.29, 1.82) is 0 Å². The Morgan fingerprint density at radius 3 is 2.55 bits per heavy atom. The number of nitrogens with zero attached hydrogens (tertiary/aromatic N) is 1. The van der Waals surface area contributed by atoms with Crippen molar-refractivity contribution in [1.82, 2.24) is 5.32 Å². The second-order valence-corrected chi connectivity index (χ2v) is 7.39. The summed E-state index contributed by atoms with van der Waals surface area (Å²) in [5, 5.41) is 3.46. The van der Waals surface area contributed by atoms with Crippen molar-refractivity contribution < 1.29 is 0 Å². The summed E-state index contributed by atoms with van der Waals surface area (Å²) in [6.45, 7) is 7.54. The smallest absolute Gasteiger partial charge is 0.0377 e. The first-order chi connectivity index (χ1) is 9.45. The number of hydrogen-bond acceptors (Lipinski definition) is 3. The molecule has 4 heteroatoms. The summed E-state index contributed by atoms with van der Waals surface area (Å²) in [7, 11) is 2.18. The summed E-state index contributed by atoms with van der Waals surface area (Å²) >= 11 is 5.61. The number of rotatable bonds is 8. The van der Waals surface area contributed by atoms with Gasteiger partial charge in [0, 0.05) is 35.8 Å². The molecule has 20 heavy (non-hydrogen) atoms. The van der Waals surface area contributed by atoms with E-state index in [1.54, 1.807) is 0 Å². The summed E-state index contributed by atoms with van der Waals surface area (Å²) in [4.78, 5) is 2.36. The Morgan fingerprint density at radius 2 is 2.00 bits per heavy atom. The largest absolute Gasteiger partial charge is 0.372 e. The van der Waals surface area contributed by atoms with Gasteiger partial charge in [0.2, 0.25) is 0 Å². The molecule has 0 amide bonds. The fourth-order valence-corrected chi connectivity index (χ4v) is 3.03. The number of hydrogen-bond donors (Lipinski definition) is 1. The lowest BCUT2D eigenvalue weighted by atomic mass is 10.1. The summed E-state index contributed by atoms with van der Waals surface area (Å²) in [5.41, 5.74) is 2.59. The van der Waals surface area contributed by atoms with Gasteiger partial charge < -0.3 is 10.2 Å². The molecule has 0 fully saturated rings. The number of nitrogens with one attached hydrogen (secondary N) is 1. The van der Waals surface area contributed by atoms with Crippen molar-refractivity contribution in [2.24, 2.45) is 0 Å². The lowest BCUT2D eigenvalue weighted by molar-refractivity contribution is 0.587. The van der Waals surface area contributed by atoms with Gasteiger partial charge in [0.25, 0.3) is 0 Å². The van der Waals surface area contributed by atoms with Gasteiger partial charge in [-0.05, 0) is 43.0 Å². The molecule has 1 aromatic rings. The lowest BCUT2D eigenvalue weighted by Gasteiger charge is -2.27. The van der Waals surface area contributed by atoms with Crippen molar-refractivity contribution in [2.45, 2.75) is 45.8 Å². The Kier molecular flexibility index (Phi) is 8.00. The molecule has 0 aromatic heterocycles. The zero-order valence-corrected chi connectivity index (χ0v) is 15.6. The second-order valence-electron chi connectivity index (χ2n) is 5.55. The number of halogens is 1. The zero-order valence-electron chi connectivity index (χ0n) is 13.2. The van der Waals surface area contributed by atoms with E-state index in [9.17, 15) is 0 Å². The van der Waals surface area contributed by atoms with Gasteiger partial charge in [-0.15, -0.1) is 0 Å². The van der Waals surface area contributed by atoms with Gasteiger partial charge in [-0.3, -0.25) is 0 Å². The van der Waals surface area contributed by atoms with Crippen molar-refractivity contribution in [3.63, 3.8) is 0 Å². The van der Waals surface area contributed by atoms with E-state index in [-0.39, 0.29) is 0 Å². The Bertz CT molecular complexity index is 409. The van der Waals surface area contributed by atoms with Crippen molar-refractivity contribution in [2.75, 3.05) is 24.0 Å². The third kappa shape index (κ3) is 5.66. The van der Waals surface area contributed by atoms with Crippen LogP contribution in [0.15, 0.2) is 22.7 Å². The average molecular weight is 359 g/mol. The van der Waals surface area contributed by atoms with Gasteiger partial charge in [0.15, 0.2) is 0 Å². The van der Waals surface area contributed by atoms with Gasteiger partial charge in [0.05, 0.1) is 0 Å². The van der Waals surface area contributed by atoms with Crippen LogP contribution in [0.3, 0.4) is 0 Å². The molecule has 0 saturated carbocycles. The molecule has 0 aliphatic carbocycles. The first-order valence-electron chi connectivity index (χ1n) is 7.19. The molecule has 0 bridgehead atoms. The monoisotopic (exact) mass is 358 g/mol. The van der Waals surface area contributed by atoms with Crippen LogP contribution in [0.4, 0.5) is 5.69 Å². The highest BCUT2D eigenvalue weighted by Gasteiger charge is 2.11. The average Bonchev–Trinajstić information content (AvgIpc) is 2.42. The van der Waals surface area contributed by atoms with Crippen LogP contribution in [0.1, 0.15) is 32.8 Å². The highest BCUT2D eigenvalue weighted by atomic mass is 79.9. The van der Waals surface area contributed by atoms with E-state index in [0.29, 0.717) is 12.1 Å². The molecule has 114 valence electrons. The van der Waals surface area contributed by atoms with Crippen molar-refractivity contribution >= 4 is 33.4 Å². The minimum absolute atomic E-state index is 0.510. The van der Waals surface area contributed by atoms with E-state index < -0.39 is 0 Å². The topological polar surface area (TPSA) is 15.3 Å². The predicted molar refractivity (Wildman–Crippen MR) is 97.0 cm³/mol. The SMILES string of the molecule is CSCCC(C)N(C)c1ccc(CNC(C)C)c(Br)c1. The molecule has 0 heterocycles. The Balaban J connectivity index is 2.70. The second kappa shape index (κ2) is 8.96. The van der Waals surface area contributed by atoms with E-state index in [1.165, 1.54) is 27.9 Å². The summed E-state index contributed by atoms with van der Waals surface area (Å²) in [6, 6.07) is 7.74. The highest BCUT2D eigenvalue weighted by Crippen LogP contribution is 2.25. The Morgan fingerprint density at radius 1 is 1.30 bits per heavy atom. The fraction of sp³-hybridized carbons (Fsp3) is 0.625. The Hall–Kier alpha value is -0.190. The molecule has 0 saturated heterocycles. The standard InChI is InChI=1S/C16H27BrN2S/c1-12(2)18-11-14-6-7-15(10-16(14)17)19(4)13(3)8-9-20-5/h6-7,10,12-13,18H,8-9,11H2,1-5H3. The van der Waals surface area contributed by atoms with Crippen LogP contribution in [0.5, 0.6) is 0 Å². The summed E-state index contributed by atoms with van der Waals surface area (Å²) in [5.74, 6) is 1.21. The summed E-state index contributed by atoms with van der Waals surface area (Å²) < 4.78 is 1.19. The van der Waals surface area contributed by atoms with Crippen LogP contribution in [0, 0.1) is 0 Å². The molecule has 1 aromatic carbocycles. The van der Waals surface area contributed by atoms with Gasteiger partial charge in [-0.2, -0.15) is 11.8 Å². The maximum Gasteiger partial charge on any atom is 0.0377 e. The van der Waals surface area contributed by atoms with Crippen LogP contribution in [0.25, 0.3) is 0 Å². The number of benzene rings is 1. The normalized spacial score (nSPS) is 12.8. The molecule has 1 unspecified atom stereocenters. The maximum absolute atomic E-state index is 3.70. The van der Waals surface area contributed by atoms with Gasteiger partial charge in [-0.25, -0.2) is 0 Å². The van der Waals surface area contributed by atoms with Crippen LogP contribution in [-0.2, 0) is 6.54 Å². The molecule has 2 nitrogen and oxygen atoms in total. The summed E-state index contributed by atoms with van der Waals surface area (Å²) in [6.07, 6.45) is 3.38. The predicted octanol–water partition coefficient (Wildman–Crippen LogP) is 4.52. The number of anilines is 1. The quantitative estimate of drug-likeness (QED) is 0.734. The van der Waals surface area contributed by atoms with E-state index >= 15 is 0 Å². The lowest BCUT2D eigenvalue weighted by Crippen LogP contribution is -2.29. The van der Waals surface area contributed by atoms with Crippen LogP contribution in [-0.4, -0.2) is 31.1 Å². The maximum atomic E-state index is 3.70. The minimum atomic E-state index is 0.510. The first kappa shape index (κ1) is 17.9. The molecular weight excluding hydrogens is 332 g/mol. The van der Waals surface area contributed by atoms with Crippen molar-refractivity contribution in [3.8, 4) is 0 Å². The van der Waals surface area contributed by atoms with E-state index in [1.807, 2.05) is 11.8 Å². The molecule has 0 aliphatic heterocycles.